The van der Waals surface area contributed by atoms with Crippen LogP contribution in [0.2, 0.25) is 0 Å². The summed E-state index contributed by atoms with van der Waals surface area (Å²) >= 11 is 0. The molecule has 3 N–H and O–H groups in total. The van der Waals surface area contributed by atoms with Gasteiger partial charge in [0.1, 0.15) is 5.54 Å². The van der Waals surface area contributed by atoms with Crippen molar-refractivity contribution in [3.05, 3.63) is 35.9 Å². The van der Waals surface area contributed by atoms with Gasteiger partial charge in [-0.05, 0) is 38.3 Å². The summed E-state index contributed by atoms with van der Waals surface area (Å²) in [5.41, 5.74) is 6.20. The van der Waals surface area contributed by atoms with Crippen LogP contribution < -0.4 is 11.1 Å². The van der Waals surface area contributed by atoms with Crippen LogP contribution in [0.1, 0.15) is 38.2 Å². The van der Waals surface area contributed by atoms with Crippen LogP contribution in [0.15, 0.2) is 30.3 Å². The van der Waals surface area contributed by atoms with Gasteiger partial charge in [0.05, 0.1) is 0 Å². The van der Waals surface area contributed by atoms with E-state index in [2.05, 4.69) is 10.2 Å². The summed E-state index contributed by atoms with van der Waals surface area (Å²) in [5, 5.41) is 3.21. The van der Waals surface area contributed by atoms with Gasteiger partial charge < -0.3 is 11.1 Å². The molecule has 4 heteroatoms. The Morgan fingerprint density at radius 3 is 2.76 bits per heavy atom. The van der Waals surface area contributed by atoms with Crippen molar-refractivity contribution in [2.24, 2.45) is 5.73 Å². The minimum absolute atomic E-state index is 0.0638. The highest BCUT2D eigenvalue weighted by Crippen LogP contribution is 2.28. The Morgan fingerprint density at radius 2 is 2.00 bits per heavy atom. The molecule has 2 fully saturated rings. The summed E-state index contributed by atoms with van der Waals surface area (Å²) < 4.78 is 0. The van der Waals surface area contributed by atoms with E-state index in [1.54, 1.807) is 6.92 Å². The fourth-order valence-electron chi connectivity index (χ4n) is 3.65. The molecule has 2 aliphatic rings. The lowest BCUT2D eigenvalue weighted by Crippen LogP contribution is -2.55. The van der Waals surface area contributed by atoms with Crippen molar-refractivity contribution in [1.82, 2.24) is 10.2 Å². The summed E-state index contributed by atoms with van der Waals surface area (Å²) in [5.74, 6) is -0.0638. The van der Waals surface area contributed by atoms with Crippen LogP contribution in [-0.4, -0.2) is 36.0 Å². The van der Waals surface area contributed by atoms with Gasteiger partial charge in [-0.3, -0.25) is 9.69 Å². The summed E-state index contributed by atoms with van der Waals surface area (Å²) in [6, 6.07) is 10.4. The highest BCUT2D eigenvalue weighted by molar-refractivity contribution is 5.87. The highest BCUT2D eigenvalue weighted by Gasteiger charge is 2.39. The van der Waals surface area contributed by atoms with E-state index in [0.29, 0.717) is 6.04 Å². The minimum atomic E-state index is -0.969. The van der Waals surface area contributed by atoms with Crippen LogP contribution in [0.5, 0.6) is 0 Å². The Hall–Kier alpha value is -1.39. The van der Waals surface area contributed by atoms with Gasteiger partial charge in [-0.1, -0.05) is 36.8 Å². The Kier molecular flexibility index (Phi) is 4.00. The first kappa shape index (κ1) is 14.5. The number of benzene rings is 1. The molecule has 3 unspecified atom stereocenters. The molecule has 0 aliphatic carbocycles. The van der Waals surface area contributed by atoms with Crippen molar-refractivity contribution in [3.8, 4) is 0 Å². The van der Waals surface area contributed by atoms with Crippen LogP contribution >= 0.6 is 0 Å². The molecular formula is C17H25N3O. The highest BCUT2D eigenvalue weighted by atomic mass is 16.2. The van der Waals surface area contributed by atoms with Crippen molar-refractivity contribution in [1.29, 1.82) is 0 Å². The smallest absolute Gasteiger partial charge is 0.244 e. The maximum Gasteiger partial charge on any atom is 0.244 e. The van der Waals surface area contributed by atoms with E-state index >= 15 is 0 Å². The quantitative estimate of drug-likeness (QED) is 0.888. The molecule has 3 rings (SSSR count). The Morgan fingerprint density at radius 1 is 1.24 bits per heavy atom. The Bertz CT molecular complexity index is 500. The first-order chi connectivity index (χ1) is 10.1. The number of hydrogen-bond acceptors (Lipinski definition) is 3. The first-order valence-electron chi connectivity index (χ1n) is 7.98. The molecule has 0 bridgehead atoms. The van der Waals surface area contributed by atoms with Gasteiger partial charge in [0, 0.05) is 18.6 Å². The van der Waals surface area contributed by atoms with Crippen molar-refractivity contribution in [2.75, 3.05) is 13.1 Å². The van der Waals surface area contributed by atoms with Gasteiger partial charge in [0.15, 0.2) is 0 Å². The van der Waals surface area contributed by atoms with Gasteiger partial charge in [-0.2, -0.15) is 0 Å². The van der Waals surface area contributed by atoms with Gasteiger partial charge >= 0.3 is 0 Å². The normalized spacial score (nSPS) is 28.7. The average molecular weight is 287 g/mol. The van der Waals surface area contributed by atoms with E-state index in [4.69, 9.17) is 5.73 Å². The van der Waals surface area contributed by atoms with Crippen LogP contribution in [0.3, 0.4) is 0 Å². The largest absolute Gasteiger partial charge is 0.350 e. The first-order valence-corrected chi connectivity index (χ1v) is 7.98. The van der Waals surface area contributed by atoms with Crippen molar-refractivity contribution >= 4 is 5.91 Å². The lowest BCUT2D eigenvalue weighted by atomic mass is 9.91. The number of amides is 1. The third kappa shape index (κ3) is 2.83. The predicted octanol–water partition coefficient (Wildman–Crippen LogP) is 1.60. The molecule has 0 aromatic heterocycles. The van der Waals surface area contributed by atoms with Crippen LogP contribution in [0.25, 0.3) is 0 Å². The van der Waals surface area contributed by atoms with Crippen LogP contribution in [0.4, 0.5) is 0 Å². The molecule has 21 heavy (non-hydrogen) atoms. The molecule has 4 nitrogen and oxygen atoms in total. The molecule has 0 saturated carbocycles. The molecule has 3 atom stereocenters. The van der Waals surface area contributed by atoms with E-state index in [0.717, 1.165) is 18.5 Å². The second-order valence-electron chi connectivity index (χ2n) is 6.54. The SMILES string of the molecule is CC(N)(C(=O)NC1CCN2CCCCC12)c1ccccc1. The predicted molar refractivity (Wildman–Crippen MR) is 83.7 cm³/mol. The Balaban J connectivity index is 1.69. The zero-order chi connectivity index (χ0) is 14.9. The molecule has 0 radical (unpaired) electrons. The molecule has 1 aromatic carbocycles. The van der Waals surface area contributed by atoms with Crippen molar-refractivity contribution < 1.29 is 4.79 Å². The monoisotopic (exact) mass is 287 g/mol. The third-order valence-electron chi connectivity index (χ3n) is 5.02. The van der Waals surface area contributed by atoms with Crippen molar-refractivity contribution in [2.45, 2.75) is 50.2 Å². The number of rotatable bonds is 3. The minimum Gasteiger partial charge on any atom is -0.350 e. The Labute approximate surface area is 126 Å². The topological polar surface area (TPSA) is 58.4 Å². The summed E-state index contributed by atoms with van der Waals surface area (Å²) in [7, 11) is 0. The molecule has 1 aromatic rings. The molecule has 2 aliphatic heterocycles. The van der Waals surface area contributed by atoms with Gasteiger partial charge in [0.2, 0.25) is 5.91 Å². The summed E-state index contributed by atoms with van der Waals surface area (Å²) in [4.78, 5) is 15.2. The number of carbonyl (C=O) groups excluding carboxylic acids is 1. The van der Waals surface area contributed by atoms with Crippen molar-refractivity contribution in [3.63, 3.8) is 0 Å². The zero-order valence-corrected chi connectivity index (χ0v) is 12.7. The zero-order valence-electron chi connectivity index (χ0n) is 12.7. The van der Waals surface area contributed by atoms with Gasteiger partial charge in [-0.25, -0.2) is 0 Å². The van der Waals surface area contributed by atoms with E-state index in [9.17, 15) is 4.79 Å². The number of nitrogens with zero attached hydrogens (tertiary/aromatic N) is 1. The lowest BCUT2D eigenvalue weighted by Gasteiger charge is -2.34. The van der Waals surface area contributed by atoms with Gasteiger partial charge in [0.25, 0.3) is 0 Å². The fourth-order valence-corrected chi connectivity index (χ4v) is 3.65. The van der Waals surface area contributed by atoms with E-state index < -0.39 is 5.54 Å². The molecule has 114 valence electrons. The number of hydrogen-bond donors (Lipinski definition) is 2. The van der Waals surface area contributed by atoms with E-state index in [-0.39, 0.29) is 11.9 Å². The number of fused-ring (bicyclic) bond motifs is 1. The van der Waals surface area contributed by atoms with E-state index in [1.165, 1.54) is 25.8 Å². The molecule has 0 spiro atoms. The average Bonchev–Trinajstić information content (AvgIpc) is 2.91. The van der Waals surface area contributed by atoms with Crippen LogP contribution in [0, 0.1) is 0 Å². The second-order valence-corrected chi connectivity index (χ2v) is 6.54. The van der Waals surface area contributed by atoms with Crippen LogP contribution in [-0.2, 0) is 10.3 Å². The van der Waals surface area contributed by atoms with Gasteiger partial charge in [-0.15, -0.1) is 0 Å². The second kappa shape index (κ2) is 5.78. The number of nitrogens with two attached hydrogens (primary N) is 1. The maximum absolute atomic E-state index is 12.6. The summed E-state index contributed by atoms with van der Waals surface area (Å²) in [6.07, 6.45) is 4.79. The maximum atomic E-state index is 12.6. The fraction of sp³-hybridized carbons (Fsp3) is 0.588. The molecular weight excluding hydrogens is 262 g/mol. The third-order valence-corrected chi connectivity index (χ3v) is 5.02. The molecule has 2 heterocycles. The van der Waals surface area contributed by atoms with E-state index in [1.807, 2.05) is 30.3 Å². The number of piperidine rings is 1. The summed E-state index contributed by atoms with van der Waals surface area (Å²) in [6.45, 7) is 4.07. The molecule has 1 amide bonds. The lowest BCUT2D eigenvalue weighted by molar-refractivity contribution is -0.127. The number of carbonyl (C=O) groups is 1. The molecule has 2 saturated heterocycles. The standard InChI is InChI=1S/C17H25N3O/c1-17(18,13-7-3-2-4-8-13)16(21)19-14-10-12-20-11-6-5-9-15(14)20/h2-4,7-8,14-15H,5-6,9-12,18H2,1H3,(H,19,21). The number of nitrogens with one attached hydrogen (secondary N) is 1.